The SMILES string of the molecule is CCNc1nc(Cl)nc(NCC(C)(C)CN(C)C)n1. The van der Waals surface area contributed by atoms with Crippen molar-refractivity contribution in [2.75, 3.05) is 44.4 Å². The van der Waals surface area contributed by atoms with Crippen LogP contribution in [0.3, 0.4) is 0 Å². The molecule has 0 amide bonds. The summed E-state index contributed by atoms with van der Waals surface area (Å²) in [6.07, 6.45) is 0. The summed E-state index contributed by atoms with van der Waals surface area (Å²) in [7, 11) is 4.12. The molecule has 6 nitrogen and oxygen atoms in total. The molecule has 0 bridgehead atoms. The van der Waals surface area contributed by atoms with Crippen molar-refractivity contribution in [1.29, 1.82) is 0 Å². The van der Waals surface area contributed by atoms with Crippen LogP contribution >= 0.6 is 11.6 Å². The summed E-state index contributed by atoms with van der Waals surface area (Å²) >= 11 is 5.87. The summed E-state index contributed by atoms with van der Waals surface area (Å²) in [6, 6.07) is 0. The molecule has 0 atom stereocenters. The second-order valence-electron chi connectivity index (χ2n) is 5.54. The highest BCUT2D eigenvalue weighted by atomic mass is 35.5. The van der Waals surface area contributed by atoms with E-state index in [1.807, 2.05) is 6.92 Å². The van der Waals surface area contributed by atoms with Crippen LogP contribution in [0.25, 0.3) is 0 Å². The minimum absolute atomic E-state index is 0.112. The molecule has 0 radical (unpaired) electrons. The molecule has 0 saturated carbocycles. The van der Waals surface area contributed by atoms with E-state index in [0.29, 0.717) is 11.9 Å². The van der Waals surface area contributed by atoms with E-state index in [2.05, 4.69) is 58.4 Å². The maximum absolute atomic E-state index is 5.87. The molecule has 1 heterocycles. The quantitative estimate of drug-likeness (QED) is 0.799. The van der Waals surface area contributed by atoms with Crippen LogP contribution in [0.15, 0.2) is 0 Å². The summed E-state index contributed by atoms with van der Waals surface area (Å²) in [5.74, 6) is 0.998. The van der Waals surface area contributed by atoms with Crippen molar-refractivity contribution in [1.82, 2.24) is 19.9 Å². The van der Waals surface area contributed by atoms with Gasteiger partial charge in [0.05, 0.1) is 0 Å². The Balaban J connectivity index is 2.66. The lowest BCUT2D eigenvalue weighted by atomic mass is 9.93. The van der Waals surface area contributed by atoms with Crippen LogP contribution in [0.2, 0.25) is 5.28 Å². The van der Waals surface area contributed by atoms with Crippen LogP contribution < -0.4 is 10.6 Å². The summed E-state index contributed by atoms with van der Waals surface area (Å²) in [4.78, 5) is 14.5. The molecule has 2 N–H and O–H groups in total. The largest absolute Gasteiger partial charge is 0.354 e. The molecule has 19 heavy (non-hydrogen) atoms. The normalized spacial score (nSPS) is 11.7. The van der Waals surface area contributed by atoms with Gasteiger partial charge in [-0.25, -0.2) is 0 Å². The smallest absolute Gasteiger partial charge is 0.228 e. The van der Waals surface area contributed by atoms with E-state index in [4.69, 9.17) is 11.6 Å². The summed E-state index contributed by atoms with van der Waals surface area (Å²) in [6.45, 7) is 8.83. The number of nitrogens with one attached hydrogen (secondary N) is 2. The first-order valence-corrected chi connectivity index (χ1v) is 6.74. The second kappa shape index (κ2) is 6.86. The number of halogens is 1. The van der Waals surface area contributed by atoms with Gasteiger partial charge in [-0.3, -0.25) is 0 Å². The minimum atomic E-state index is 0.112. The number of anilines is 2. The minimum Gasteiger partial charge on any atom is -0.354 e. The molecular formula is C12H23ClN6. The van der Waals surface area contributed by atoms with Gasteiger partial charge in [0, 0.05) is 19.6 Å². The van der Waals surface area contributed by atoms with E-state index in [1.54, 1.807) is 0 Å². The van der Waals surface area contributed by atoms with Crippen LogP contribution in [0, 0.1) is 5.41 Å². The molecule has 0 aliphatic carbocycles. The number of rotatable bonds is 7. The Morgan fingerprint density at radius 2 is 1.68 bits per heavy atom. The van der Waals surface area contributed by atoms with Gasteiger partial charge in [-0.1, -0.05) is 13.8 Å². The topological polar surface area (TPSA) is 66.0 Å². The average Bonchev–Trinajstić information content (AvgIpc) is 2.24. The standard InChI is InChI=1S/C12H23ClN6/c1-6-14-10-16-9(13)17-11(18-10)15-7-12(2,3)8-19(4)5/h6-8H2,1-5H3,(H2,14,15,16,17,18). The third kappa shape index (κ3) is 6.02. The zero-order valence-electron chi connectivity index (χ0n) is 12.3. The highest BCUT2D eigenvalue weighted by molar-refractivity contribution is 6.28. The number of nitrogens with zero attached hydrogens (tertiary/aromatic N) is 4. The maximum Gasteiger partial charge on any atom is 0.228 e. The van der Waals surface area contributed by atoms with Crippen LogP contribution in [-0.2, 0) is 0 Å². The Morgan fingerprint density at radius 1 is 1.11 bits per heavy atom. The average molecular weight is 287 g/mol. The molecule has 0 fully saturated rings. The molecule has 0 spiro atoms. The zero-order valence-corrected chi connectivity index (χ0v) is 13.0. The Hall–Kier alpha value is -1.14. The molecule has 0 aromatic carbocycles. The lowest BCUT2D eigenvalue weighted by Gasteiger charge is -2.28. The van der Waals surface area contributed by atoms with Crippen molar-refractivity contribution in [3.05, 3.63) is 5.28 Å². The molecule has 1 aromatic heterocycles. The third-order valence-electron chi connectivity index (χ3n) is 2.41. The fourth-order valence-corrected chi connectivity index (χ4v) is 2.06. The lowest BCUT2D eigenvalue weighted by Crippen LogP contribution is -2.34. The first kappa shape index (κ1) is 15.9. The zero-order chi connectivity index (χ0) is 14.5. The van der Waals surface area contributed by atoms with Gasteiger partial charge in [0.25, 0.3) is 0 Å². The molecule has 0 saturated heterocycles. The molecule has 7 heteroatoms. The van der Waals surface area contributed by atoms with Gasteiger partial charge < -0.3 is 15.5 Å². The monoisotopic (exact) mass is 286 g/mol. The van der Waals surface area contributed by atoms with Gasteiger partial charge in [-0.15, -0.1) is 0 Å². The Kier molecular flexibility index (Phi) is 5.75. The van der Waals surface area contributed by atoms with Crippen LogP contribution in [-0.4, -0.2) is 53.6 Å². The number of hydrogen-bond acceptors (Lipinski definition) is 6. The van der Waals surface area contributed by atoms with E-state index >= 15 is 0 Å². The fourth-order valence-electron chi connectivity index (χ4n) is 1.90. The van der Waals surface area contributed by atoms with Gasteiger partial charge >= 0.3 is 0 Å². The highest BCUT2D eigenvalue weighted by Crippen LogP contribution is 2.17. The van der Waals surface area contributed by atoms with E-state index in [1.165, 1.54) is 0 Å². The molecule has 1 aromatic rings. The van der Waals surface area contributed by atoms with Gasteiger partial charge in [0.1, 0.15) is 0 Å². The van der Waals surface area contributed by atoms with Crippen LogP contribution in [0.4, 0.5) is 11.9 Å². The lowest BCUT2D eigenvalue weighted by molar-refractivity contribution is 0.254. The van der Waals surface area contributed by atoms with E-state index in [-0.39, 0.29) is 10.7 Å². The van der Waals surface area contributed by atoms with Gasteiger partial charge in [0.15, 0.2) is 0 Å². The Bertz CT molecular complexity index is 407. The Labute approximate surface area is 120 Å². The van der Waals surface area contributed by atoms with E-state index in [9.17, 15) is 0 Å². The number of aromatic nitrogens is 3. The molecule has 1 rings (SSSR count). The van der Waals surface area contributed by atoms with Crippen LogP contribution in [0.5, 0.6) is 0 Å². The van der Waals surface area contributed by atoms with Gasteiger partial charge in [-0.2, -0.15) is 15.0 Å². The van der Waals surface area contributed by atoms with Gasteiger partial charge in [-0.05, 0) is 38.0 Å². The van der Waals surface area contributed by atoms with Crippen molar-refractivity contribution in [3.63, 3.8) is 0 Å². The predicted molar refractivity (Wildman–Crippen MR) is 79.8 cm³/mol. The summed E-state index contributed by atoms with van der Waals surface area (Å²) in [5.41, 5.74) is 0.112. The van der Waals surface area contributed by atoms with E-state index < -0.39 is 0 Å². The van der Waals surface area contributed by atoms with E-state index in [0.717, 1.165) is 19.6 Å². The molecule has 0 aliphatic rings. The molecular weight excluding hydrogens is 264 g/mol. The van der Waals surface area contributed by atoms with Crippen molar-refractivity contribution in [2.45, 2.75) is 20.8 Å². The summed E-state index contributed by atoms with van der Waals surface area (Å²) < 4.78 is 0. The van der Waals surface area contributed by atoms with Crippen molar-refractivity contribution < 1.29 is 0 Å². The molecule has 0 unspecified atom stereocenters. The maximum atomic E-state index is 5.87. The van der Waals surface area contributed by atoms with Crippen molar-refractivity contribution in [2.24, 2.45) is 5.41 Å². The predicted octanol–water partition coefficient (Wildman–Crippen LogP) is 1.96. The van der Waals surface area contributed by atoms with Gasteiger partial charge in [0.2, 0.25) is 17.2 Å². The number of hydrogen-bond donors (Lipinski definition) is 2. The summed E-state index contributed by atoms with van der Waals surface area (Å²) in [5, 5.41) is 6.43. The third-order valence-corrected chi connectivity index (χ3v) is 2.58. The van der Waals surface area contributed by atoms with Crippen molar-refractivity contribution in [3.8, 4) is 0 Å². The first-order valence-electron chi connectivity index (χ1n) is 6.36. The van der Waals surface area contributed by atoms with Crippen LogP contribution in [0.1, 0.15) is 20.8 Å². The van der Waals surface area contributed by atoms with Crippen molar-refractivity contribution >= 4 is 23.5 Å². The fraction of sp³-hybridized carbons (Fsp3) is 0.750. The second-order valence-corrected chi connectivity index (χ2v) is 5.88. The highest BCUT2D eigenvalue weighted by Gasteiger charge is 2.19. The molecule has 0 aliphatic heterocycles. The Morgan fingerprint density at radius 3 is 2.21 bits per heavy atom. The molecule has 108 valence electrons. The first-order chi connectivity index (χ1) is 8.82.